The number of ether oxygens (including phenoxy) is 1. The minimum Gasteiger partial charge on any atom is -0.469 e. The average Bonchev–Trinajstić information content (AvgIpc) is 3.94. The Bertz CT molecular complexity index is 2580. The Morgan fingerprint density at radius 1 is 0.981 bits per heavy atom. The van der Waals surface area contributed by atoms with E-state index < -0.39 is 41.6 Å². The Morgan fingerprint density at radius 2 is 1.78 bits per heavy atom. The lowest BCUT2D eigenvalue weighted by atomic mass is 9.72. The number of aromatic nitrogens is 3. The third-order valence-corrected chi connectivity index (χ3v) is 11.6. The molecule has 10 rings (SSSR count). The first-order chi connectivity index (χ1) is 25.9. The van der Waals surface area contributed by atoms with Crippen LogP contribution in [0.1, 0.15) is 73.5 Å². The highest BCUT2D eigenvalue weighted by Gasteiger charge is 2.61. The zero-order valence-electron chi connectivity index (χ0n) is 30.8. The number of aromatic amines is 1. The molecule has 12 heteroatoms. The summed E-state index contributed by atoms with van der Waals surface area (Å²) < 4.78 is 20.7. The standard InChI is InChI=1S/C42H40N6O6/c1-17(2)31-39-47-33-36(54-39)42-24-11-7-10-23(22-9-8-12-26-30(22)29(19(5)43-26)35-20(6)44-40(33)53-35)32(24)48-41(42)52-28-14-13-21(15-25(28)42)16-27(37(50)46-31)45-38(51)34(49)18(3)4/h7-15,17-18,27,31,34,41,43,48-49H,16H2,1-6H3,(H,45,51)(H,46,50)/t27-,31?,34-,41?,42?/m0/s1. The number of hydrogen-bond acceptors (Lipinski definition) is 9. The highest BCUT2D eigenvalue weighted by Crippen LogP contribution is 2.61. The Morgan fingerprint density at radius 3 is 2.57 bits per heavy atom. The van der Waals surface area contributed by atoms with Gasteiger partial charge in [-0.05, 0) is 48.9 Å². The highest BCUT2D eigenvalue weighted by atomic mass is 16.5. The number of para-hydroxylation sites is 1. The minimum atomic E-state index is -1.28. The number of aliphatic hydroxyl groups excluding tert-OH is 1. The number of aryl methyl sites for hydroxylation is 2. The first kappa shape index (κ1) is 32.7. The number of H-pyrrole nitrogens is 1. The Kier molecular flexibility index (Phi) is 6.86. The molecule has 0 radical (unpaired) electrons. The van der Waals surface area contributed by atoms with E-state index >= 15 is 0 Å². The van der Waals surface area contributed by atoms with Crippen LogP contribution in [-0.2, 0) is 21.4 Å². The lowest BCUT2D eigenvalue weighted by Gasteiger charge is -2.29. The molecule has 6 aromatic rings. The SMILES string of the molecule is Cc1nc2oc1-c1c(C)[nH]c3cccc(c13)-c1cccc3c1NC1Oc4ccc5cc4C31c1oc(nc1-2)C(C(C)C)NC(=O)[C@@H](NC(=O)[C@@H](O)C(C)C)C5. The van der Waals surface area contributed by atoms with Crippen LogP contribution in [0.25, 0.3) is 44.9 Å². The molecule has 3 aromatic carbocycles. The van der Waals surface area contributed by atoms with E-state index in [1.807, 2.05) is 45.9 Å². The van der Waals surface area contributed by atoms with Crippen LogP contribution < -0.4 is 20.7 Å². The average molecular weight is 725 g/mol. The molecule has 274 valence electrons. The van der Waals surface area contributed by atoms with Gasteiger partial charge in [0.15, 0.2) is 23.4 Å². The van der Waals surface area contributed by atoms with Crippen molar-refractivity contribution in [3.8, 4) is 39.8 Å². The van der Waals surface area contributed by atoms with Gasteiger partial charge in [0.1, 0.15) is 29.4 Å². The Labute approximate surface area is 310 Å². The van der Waals surface area contributed by atoms with Crippen molar-refractivity contribution in [3.63, 3.8) is 0 Å². The summed E-state index contributed by atoms with van der Waals surface area (Å²) in [6.45, 7) is 11.4. The number of fused-ring (bicyclic) bond motifs is 7. The summed E-state index contributed by atoms with van der Waals surface area (Å²) in [5, 5.41) is 21.4. The van der Waals surface area contributed by atoms with Gasteiger partial charge in [-0.1, -0.05) is 70.2 Å². The lowest BCUT2D eigenvalue weighted by molar-refractivity contribution is -0.135. The molecular formula is C42H40N6O6. The summed E-state index contributed by atoms with van der Waals surface area (Å²) >= 11 is 0. The summed E-state index contributed by atoms with van der Waals surface area (Å²) in [6, 6.07) is 16.7. The summed E-state index contributed by atoms with van der Waals surface area (Å²) in [5.74, 6) is 0.782. The van der Waals surface area contributed by atoms with Crippen LogP contribution in [0.5, 0.6) is 5.75 Å². The number of carbonyl (C=O) groups is 2. The summed E-state index contributed by atoms with van der Waals surface area (Å²) in [4.78, 5) is 41.2. The number of oxazole rings is 2. The fraction of sp³-hybridized carbons (Fsp3) is 0.333. The van der Waals surface area contributed by atoms with Crippen molar-refractivity contribution in [2.75, 3.05) is 5.32 Å². The molecule has 0 aliphatic carbocycles. The third-order valence-electron chi connectivity index (χ3n) is 11.6. The van der Waals surface area contributed by atoms with E-state index in [1.54, 1.807) is 13.8 Å². The van der Waals surface area contributed by atoms with Gasteiger partial charge in [0.05, 0.1) is 5.69 Å². The number of carbonyl (C=O) groups excluding carboxylic acids is 2. The molecule has 12 nitrogen and oxygen atoms in total. The zero-order valence-corrected chi connectivity index (χ0v) is 30.8. The highest BCUT2D eigenvalue weighted by molar-refractivity contribution is 6.09. The number of amides is 2. The van der Waals surface area contributed by atoms with Gasteiger partial charge in [-0.2, -0.15) is 0 Å². The fourth-order valence-corrected chi connectivity index (χ4v) is 8.92. The molecule has 0 saturated carbocycles. The molecule has 2 amide bonds. The molecule has 7 heterocycles. The van der Waals surface area contributed by atoms with Crippen LogP contribution in [0.4, 0.5) is 5.69 Å². The van der Waals surface area contributed by atoms with Crippen LogP contribution in [0.3, 0.4) is 0 Å². The van der Waals surface area contributed by atoms with Gasteiger partial charge in [-0.25, -0.2) is 9.97 Å². The van der Waals surface area contributed by atoms with Crippen LogP contribution in [0.2, 0.25) is 0 Å². The minimum absolute atomic E-state index is 0.167. The number of aliphatic hydroxyl groups is 1. The third kappa shape index (κ3) is 4.34. The molecule has 3 aromatic heterocycles. The van der Waals surface area contributed by atoms with Crippen molar-refractivity contribution in [1.29, 1.82) is 0 Å². The monoisotopic (exact) mass is 724 g/mol. The molecule has 0 saturated heterocycles. The molecule has 5 N–H and O–H groups in total. The molecular weight excluding hydrogens is 684 g/mol. The van der Waals surface area contributed by atoms with E-state index in [-0.39, 0.29) is 30.0 Å². The van der Waals surface area contributed by atoms with Gasteiger partial charge in [0.2, 0.25) is 23.6 Å². The predicted octanol–water partition coefficient (Wildman–Crippen LogP) is 6.42. The normalized spacial score (nSPS) is 22.2. The molecule has 0 fully saturated rings. The van der Waals surface area contributed by atoms with Gasteiger partial charge in [0.25, 0.3) is 0 Å². The van der Waals surface area contributed by atoms with E-state index in [0.29, 0.717) is 28.7 Å². The second kappa shape index (κ2) is 11.3. The summed E-state index contributed by atoms with van der Waals surface area (Å²) in [7, 11) is 0. The van der Waals surface area contributed by atoms with Gasteiger partial charge in [-0.3, -0.25) is 9.59 Å². The summed E-state index contributed by atoms with van der Waals surface area (Å²) in [6.07, 6.45) is -1.76. The maximum atomic E-state index is 14.2. The maximum absolute atomic E-state index is 14.2. The molecule has 10 bridgehead atoms. The van der Waals surface area contributed by atoms with E-state index in [1.165, 1.54) is 0 Å². The largest absolute Gasteiger partial charge is 0.469 e. The van der Waals surface area contributed by atoms with Crippen LogP contribution in [0.15, 0.2) is 63.4 Å². The molecule has 1 spiro atoms. The molecule has 4 aliphatic rings. The quantitative estimate of drug-likeness (QED) is 0.138. The number of nitrogens with zero attached hydrogens (tertiary/aromatic N) is 2. The van der Waals surface area contributed by atoms with E-state index in [2.05, 4.69) is 57.3 Å². The van der Waals surface area contributed by atoms with E-state index in [9.17, 15) is 14.7 Å². The van der Waals surface area contributed by atoms with Gasteiger partial charge in [-0.15, -0.1) is 0 Å². The van der Waals surface area contributed by atoms with Gasteiger partial charge < -0.3 is 39.6 Å². The van der Waals surface area contributed by atoms with Crippen molar-refractivity contribution in [2.45, 2.75) is 77.8 Å². The van der Waals surface area contributed by atoms with Crippen LogP contribution >= 0.6 is 0 Å². The smallest absolute Gasteiger partial charge is 0.249 e. The second-order valence-corrected chi connectivity index (χ2v) is 15.7. The van der Waals surface area contributed by atoms with Crippen molar-refractivity contribution >= 4 is 28.4 Å². The van der Waals surface area contributed by atoms with Crippen molar-refractivity contribution in [2.24, 2.45) is 11.8 Å². The number of rotatable bonds is 4. The van der Waals surface area contributed by atoms with Crippen LogP contribution in [-0.4, -0.2) is 50.2 Å². The Balaban J connectivity index is 1.30. The number of benzene rings is 3. The number of hydrogen-bond donors (Lipinski definition) is 5. The number of nitrogens with one attached hydrogen (secondary N) is 4. The molecule has 4 aliphatic heterocycles. The first-order valence-corrected chi connectivity index (χ1v) is 18.6. The van der Waals surface area contributed by atoms with Gasteiger partial charge in [0, 0.05) is 51.0 Å². The van der Waals surface area contributed by atoms with Crippen molar-refractivity contribution in [3.05, 3.63) is 94.3 Å². The van der Waals surface area contributed by atoms with Crippen molar-refractivity contribution < 1.29 is 28.3 Å². The maximum Gasteiger partial charge on any atom is 0.249 e. The predicted molar refractivity (Wildman–Crippen MR) is 201 cm³/mol. The van der Waals surface area contributed by atoms with Gasteiger partial charge >= 0.3 is 0 Å². The Hall–Kier alpha value is -5.88. The second-order valence-electron chi connectivity index (χ2n) is 15.7. The number of anilines is 1. The lowest BCUT2D eigenvalue weighted by Crippen LogP contribution is -2.52. The zero-order chi connectivity index (χ0) is 37.4. The van der Waals surface area contributed by atoms with E-state index in [4.69, 9.17) is 23.5 Å². The topological polar surface area (TPSA) is 168 Å². The summed E-state index contributed by atoms with van der Waals surface area (Å²) in [5.41, 5.74) is 8.37. The fourth-order valence-electron chi connectivity index (χ4n) is 8.92. The van der Waals surface area contributed by atoms with Crippen molar-refractivity contribution in [1.82, 2.24) is 25.6 Å². The molecule has 5 atom stereocenters. The molecule has 3 unspecified atom stereocenters. The van der Waals surface area contributed by atoms with Crippen LogP contribution in [0, 0.1) is 25.7 Å². The van der Waals surface area contributed by atoms with E-state index in [0.717, 1.165) is 55.7 Å². The molecule has 54 heavy (non-hydrogen) atoms. The first-order valence-electron chi connectivity index (χ1n) is 18.6.